The normalized spacial score (nSPS) is 17.1. The van der Waals surface area contributed by atoms with Crippen LogP contribution in [0, 0.1) is 11.6 Å². The van der Waals surface area contributed by atoms with Crippen molar-refractivity contribution in [3.05, 3.63) is 129 Å². The molecular formula is C46H51Cl2F2N7O7. The molecule has 4 aromatic carbocycles. The van der Waals surface area contributed by atoms with E-state index in [-0.39, 0.29) is 54.2 Å². The molecule has 0 unspecified atom stereocenters. The van der Waals surface area contributed by atoms with Crippen LogP contribution in [0.1, 0.15) is 31.8 Å². The van der Waals surface area contributed by atoms with Crippen LogP contribution in [-0.2, 0) is 27.3 Å². The lowest BCUT2D eigenvalue weighted by atomic mass is 10.1. The van der Waals surface area contributed by atoms with Crippen molar-refractivity contribution in [2.75, 3.05) is 102 Å². The van der Waals surface area contributed by atoms with Crippen LogP contribution in [0.15, 0.2) is 84.9 Å². The summed E-state index contributed by atoms with van der Waals surface area (Å²) in [4.78, 5) is 61.7. The second-order valence-electron chi connectivity index (χ2n) is 15.9. The number of nitrogens with two attached hydrogens (primary N) is 1. The van der Waals surface area contributed by atoms with Crippen molar-refractivity contribution < 1.29 is 42.2 Å². The van der Waals surface area contributed by atoms with Gasteiger partial charge in [-0.25, -0.2) is 23.2 Å². The van der Waals surface area contributed by atoms with E-state index < -0.39 is 17.6 Å². The minimum absolute atomic E-state index is 0.00312. The van der Waals surface area contributed by atoms with Crippen LogP contribution in [0.4, 0.5) is 29.7 Å². The number of nitrogens with zero attached hydrogens (tertiary/aromatic N) is 6. The highest BCUT2D eigenvalue weighted by atomic mass is 35.5. The van der Waals surface area contributed by atoms with E-state index in [9.17, 15) is 28.0 Å². The predicted molar refractivity (Wildman–Crippen MR) is 239 cm³/mol. The highest BCUT2D eigenvalue weighted by molar-refractivity contribution is 6.31. The molecule has 0 spiro atoms. The van der Waals surface area contributed by atoms with E-state index in [0.29, 0.717) is 65.2 Å². The molecule has 64 heavy (non-hydrogen) atoms. The number of rotatable bonds is 11. The molecule has 0 saturated carbocycles. The lowest BCUT2D eigenvalue weighted by Gasteiger charge is -2.43. The number of methoxy groups -OCH3 is 1. The molecule has 2 N–H and O–H groups in total. The van der Waals surface area contributed by atoms with Crippen LogP contribution in [0.3, 0.4) is 0 Å². The standard InChI is InChI=1S/C23H26ClFN4O3.C23H25ClFN3O4/c24-18-2-1-3-19(11-18)29(13-17-5-4-16(10-21(17)25)22(30)12-26)23(31)28-8-6-27(7-9-28)20-14-32-15-20;1-31-22(29)16-5-6-17(21(25)11-16)13-28(19-4-2-3-18(24)12-19)23(30)27-9-7-26(8-10-27)20-14-32-15-20/h1-5,10-11,20H,6-9,12-15,26H2;2-6,11-12,20H,7-10,13-15H2,1H3. The Hall–Kier alpha value is -5.20. The molecule has 340 valence electrons. The molecule has 0 aliphatic carbocycles. The molecule has 4 aliphatic heterocycles. The van der Waals surface area contributed by atoms with Crippen LogP contribution in [0.5, 0.6) is 0 Å². The van der Waals surface area contributed by atoms with Gasteiger partial charge in [-0.3, -0.25) is 24.4 Å². The van der Waals surface area contributed by atoms with Crippen molar-refractivity contribution in [2.24, 2.45) is 5.73 Å². The van der Waals surface area contributed by atoms with E-state index in [0.717, 1.165) is 58.7 Å². The van der Waals surface area contributed by atoms with Gasteiger partial charge >= 0.3 is 18.0 Å². The molecule has 4 heterocycles. The summed E-state index contributed by atoms with van der Waals surface area (Å²) in [7, 11) is 1.24. The first-order valence-electron chi connectivity index (χ1n) is 21.1. The first kappa shape index (κ1) is 46.8. The molecular weight excluding hydrogens is 871 g/mol. The molecule has 8 rings (SSSR count). The summed E-state index contributed by atoms with van der Waals surface area (Å²) >= 11 is 12.3. The second kappa shape index (κ2) is 21.7. The summed E-state index contributed by atoms with van der Waals surface area (Å²) < 4.78 is 44.8. The molecule has 14 nitrogen and oxygen atoms in total. The van der Waals surface area contributed by atoms with Crippen molar-refractivity contribution in [3.8, 4) is 0 Å². The van der Waals surface area contributed by atoms with Crippen LogP contribution in [0.2, 0.25) is 10.0 Å². The van der Waals surface area contributed by atoms with Crippen molar-refractivity contribution in [1.29, 1.82) is 0 Å². The summed E-state index contributed by atoms with van der Waals surface area (Å²) in [5.41, 5.74) is 7.45. The number of esters is 1. The van der Waals surface area contributed by atoms with Crippen LogP contribution in [0.25, 0.3) is 0 Å². The lowest BCUT2D eigenvalue weighted by Crippen LogP contribution is -2.59. The van der Waals surface area contributed by atoms with Gasteiger partial charge in [0.2, 0.25) is 0 Å². The lowest BCUT2D eigenvalue weighted by molar-refractivity contribution is -0.0738. The summed E-state index contributed by atoms with van der Waals surface area (Å²) in [5, 5.41) is 0.969. The van der Waals surface area contributed by atoms with Crippen LogP contribution < -0.4 is 15.5 Å². The molecule has 0 bridgehead atoms. The van der Waals surface area contributed by atoms with Crippen molar-refractivity contribution in [1.82, 2.24) is 19.6 Å². The van der Waals surface area contributed by atoms with Crippen molar-refractivity contribution >= 4 is 58.4 Å². The zero-order valence-corrected chi connectivity index (χ0v) is 37.0. The first-order chi connectivity index (χ1) is 30.9. The number of Topliss-reactive ketones (excluding diaryl/α,β-unsaturated/α-hetero) is 1. The third kappa shape index (κ3) is 11.4. The van der Waals surface area contributed by atoms with Gasteiger partial charge in [0, 0.05) is 90.5 Å². The fourth-order valence-electron chi connectivity index (χ4n) is 7.82. The maximum atomic E-state index is 14.8. The monoisotopic (exact) mass is 921 g/mol. The Kier molecular flexibility index (Phi) is 15.8. The van der Waals surface area contributed by atoms with Crippen LogP contribution >= 0.6 is 23.2 Å². The van der Waals surface area contributed by atoms with E-state index >= 15 is 0 Å². The molecule has 4 saturated heterocycles. The Balaban J connectivity index is 0.000000191. The smallest absolute Gasteiger partial charge is 0.337 e. The number of benzene rings is 4. The zero-order chi connectivity index (χ0) is 45.3. The third-order valence-electron chi connectivity index (χ3n) is 11.8. The van der Waals surface area contributed by atoms with Crippen molar-refractivity contribution in [3.63, 3.8) is 0 Å². The molecule has 0 atom stereocenters. The number of anilines is 2. The molecule has 18 heteroatoms. The third-order valence-corrected chi connectivity index (χ3v) is 12.3. The number of ether oxygens (including phenoxy) is 3. The fraction of sp³-hybridized carbons (Fsp3) is 0.391. The number of urea groups is 2. The van der Waals surface area contributed by atoms with Gasteiger partial charge in [0.25, 0.3) is 0 Å². The quantitative estimate of drug-likeness (QED) is 0.137. The highest BCUT2D eigenvalue weighted by Gasteiger charge is 2.34. The minimum atomic E-state index is -0.618. The Morgan fingerprint density at radius 1 is 0.641 bits per heavy atom. The predicted octanol–water partition coefficient (Wildman–Crippen LogP) is 6.17. The van der Waals surface area contributed by atoms with E-state index in [4.69, 9.17) is 38.4 Å². The number of halogens is 4. The number of amides is 4. The van der Waals surface area contributed by atoms with Gasteiger partial charge in [0.1, 0.15) is 11.6 Å². The Labute approximate surface area is 380 Å². The first-order valence-corrected chi connectivity index (χ1v) is 21.8. The molecule has 4 fully saturated rings. The van der Waals surface area contributed by atoms with Gasteiger partial charge in [-0.15, -0.1) is 0 Å². The summed E-state index contributed by atoms with van der Waals surface area (Å²) in [6, 6.07) is 22.7. The molecule has 4 aliphatic rings. The SMILES string of the molecule is COC(=O)c1ccc(CN(C(=O)N2CCN(C3COC3)CC2)c2cccc(Cl)c2)c(F)c1.NCC(=O)c1ccc(CN(C(=O)N2CCN(C3COC3)CC2)c2cccc(Cl)c2)c(F)c1. The fourth-order valence-corrected chi connectivity index (χ4v) is 8.19. The van der Waals surface area contributed by atoms with Gasteiger partial charge in [0.05, 0.1) is 70.8 Å². The van der Waals surface area contributed by atoms with E-state index in [1.165, 1.54) is 47.2 Å². The molecule has 4 aromatic rings. The number of piperazine rings is 2. The summed E-state index contributed by atoms with van der Waals surface area (Å²) in [6.07, 6.45) is 0. The maximum Gasteiger partial charge on any atom is 0.337 e. The average Bonchev–Trinajstić information content (AvgIpc) is 3.26. The van der Waals surface area contributed by atoms with Gasteiger partial charge < -0.3 is 29.7 Å². The van der Waals surface area contributed by atoms with E-state index in [1.807, 2.05) is 0 Å². The summed E-state index contributed by atoms with van der Waals surface area (Å²) in [5.74, 6) is -2.10. The number of carbonyl (C=O) groups is 4. The topological polar surface area (TPSA) is 141 Å². The zero-order valence-electron chi connectivity index (χ0n) is 35.5. The molecule has 0 aromatic heterocycles. The summed E-state index contributed by atoms with van der Waals surface area (Å²) in [6.45, 7) is 8.19. The van der Waals surface area contributed by atoms with Gasteiger partial charge in [-0.05, 0) is 54.6 Å². The molecule has 4 amide bonds. The van der Waals surface area contributed by atoms with Crippen LogP contribution in [-0.4, -0.2) is 148 Å². The number of hydrogen-bond donors (Lipinski definition) is 1. The number of hydrogen-bond acceptors (Lipinski definition) is 10. The van der Waals surface area contributed by atoms with Gasteiger partial charge in [-0.1, -0.05) is 53.5 Å². The number of carbonyl (C=O) groups excluding carboxylic acids is 4. The van der Waals surface area contributed by atoms with Gasteiger partial charge in [-0.2, -0.15) is 0 Å². The minimum Gasteiger partial charge on any atom is -0.465 e. The van der Waals surface area contributed by atoms with Gasteiger partial charge in [0.15, 0.2) is 5.78 Å². The maximum absolute atomic E-state index is 14.8. The second-order valence-corrected chi connectivity index (χ2v) is 16.7. The Morgan fingerprint density at radius 3 is 1.42 bits per heavy atom. The molecule has 0 radical (unpaired) electrons. The van der Waals surface area contributed by atoms with E-state index in [2.05, 4.69) is 14.5 Å². The highest BCUT2D eigenvalue weighted by Crippen LogP contribution is 2.27. The average molecular weight is 923 g/mol. The Morgan fingerprint density at radius 2 is 1.06 bits per heavy atom. The van der Waals surface area contributed by atoms with E-state index in [1.54, 1.807) is 58.3 Å². The van der Waals surface area contributed by atoms with Crippen molar-refractivity contribution in [2.45, 2.75) is 25.2 Å². The number of ketones is 1. The Bertz CT molecular complexity index is 2150. The largest absolute Gasteiger partial charge is 0.465 e.